The van der Waals surface area contributed by atoms with Crippen molar-refractivity contribution in [1.82, 2.24) is 9.88 Å². The highest BCUT2D eigenvalue weighted by atomic mass is 15.2. The summed E-state index contributed by atoms with van der Waals surface area (Å²) < 4.78 is 0. The maximum absolute atomic E-state index is 6.10. The van der Waals surface area contributed by atoms with Crippen molar-refractivity contribution in [3.63, 3.8) is 0 Å². The molecule has 0 spiro atoms. The summed E-state index contributed by atoms with van der Waals surface area (Å²) >= 11 is 0. The number of fused-ring (bicyclic) bond motifs is 1. The number of nitrogens with two attached hydrogens (primary N) is 1. The number of aromatic nitrogens is 1. The Morgan fingerprint density at radius 1 is 1.19 bits per heavy atom. The molecule has 1 fully saturated rings. The number of allylic oxidation sites excluding steroid dienone is 3. The fourth-order valence-corrected chi connectivity index (χ4v) is 4.60. The zero-order valence-electron chi connectivity index (χ0n) is 18.7. The highest BCUT2D eigenvalue weighted by Crippen LogP contribution is 2.32. The Morgan fingerprint density at radius 3 is 2.75 bits per heavy atom. The lowest BCUT2D eigenvalue weighted by Gasteiger charge is -2.34. The number of anilines is 1. The number of nitrogens with zero attached hydrogens (tertiary/aromatic N) is 2. The molecule has 5 heteroatoms. The third-order valence-electron chi connectivity index (χ3n) is 6.58. The van der Waals surface area contributed by atoms with Crippen molar-refractivity contribution in [3.8, 4) is 11.3 Å². The minimum absolute atomic E-state index is 0.304. The number of likely N-dealkylation sites (tertiary alicyclic amines) is 1. The summed E-state index contributed by atoms with van der Waals surface area (Å²) in [5.74, 6) is 1.06. The van der Waals surface area contributed by atoms with Crippen LogP contribution in [0, 0.1) is 0 Å². The van der Waals surface area contributed by atoms with Crippen LogP contribution in [0.2, 0.25) is 0 Å². The van der Waals surface area contributed by atoms with Crippen molar-refractivity contribution < 1.29 is 0 Å². The molecule has 3 aliphatic rings. The van der Waals surface area contributed by atoms with Crippen molar-refractivity contribution in [2.24, 2.45) is 10.7 Å². The van der Waals surface area contributed by atoms with Crippen LogP contribution >= 0.6 is 0 Å². The average Bonchev–Trinajstić information content (AvgIpc) is 3.15. The fourth-order valence-electron chi connectivity index (χ4n) is 4.60. The van der Waals surface area contributed by atoms with Crippen molar-refractivity contribution in [1.29, 1.82) is 0 Å². The molecule has 2 aromatic rings. The molecule has 0 unspecified atom stereocenters. The molecular weight excluding hydrogens is 394 g/mol. The van der Waals surface area contributed by atoms with Crippen molar-refractivity contribution in [2.75, 3.05) is 25.0 Å². The third-order valence-corrected chi connectivity index (χ3v) is 6.58. The number of H-pyrrole nitrogens is 1. The van der Waals surface area contributed by atoms with Gasteiger partial charge >= 0.3 is 0 Å². The van der Waals surface area contributed by atoms with Gasteiger partial charge in [-0.3, -0.25) is 0 Å². The fraction of sp³-hybridized carbons (Fsp3) is 0.296. The van der Waals surface area contributed by atoms with Gasteiger partial charge in [0.05, 0.1) is 17.1 Å². The predicted molar refractivity (Wildman–Crippen MR) is 135 cm³/mol. The van der Waals surface area contributed by atoms with Crippen molar-refractivity contribution >= 4 is 17.6 Å². The standard InChI is InChI=1S/C27H31N5/c1-18-7-6-10-24(30-26(18)19(2)32-13-11-23(28)12-14-32)22-15-21-16-25(31-27(21)29-17-22)20-8-4-3-5-9-20/h3-6,8-10,15-16,23,29,31H,2,7,11-14,17,28H2,1H3. The van der Waals surface area contributed by atoms with Gasteiger partial charge in [0.2, 0.25) is 0 Å². The molecule has 0 saturated carbocycles. The number of aliphatic imine (C=N–C) groups is 1. The molecule has 3 aliphatic heterocycles. The monoisotopic (exact) mass is 425 g/mol. The molecule has 164 valence electrons. The molecule has 5 rings (SSSR count). The van der Waals surface area contributed by atoms with E-state index in [2.05, 4.69) is 77.3 Å². The first-order chi connectivity index (χ1) is 15.6. The molecule has 0 aliphatic carbocycles. The van der Waals surface area contributed by atoms with Crippen LogP contribution in [0.4, 0.5) is 5.82 Å². The molecule has 0 amide bonds. The SMILES string of the molecule is C=C(C1=C(C)CC=CC(C2=Cc3cc(-c4ccccc4)[nH]c3NC2)=N1)N1CCC(N)CC1. The van der Waals surface area contributed by atoms with Crippen molar-refractivity contribution in [2.45, 2.75) is 32.2 Å². The number of aromatic amines is 1. The van der Waals surface area contributed by atoms with Crippen LogP contribution < -0.4 is 11.1 Å². The van der Waals surface area contributed by atoms with E-state index in [1.54, 1.807) is 0 Å². The van der Waals surface area contributed by atoms with Crippen LogP contribution in [0.25, 0.3) is 17.3 Å². The van der Waals surface area contributed by atoms with E-state index in [0.29, 0.717) is 6.04 Å². The molecule has 32 heavy (non-hydrogen) atoms. The van der Waals surface area contributed by atoms with E-state index in [0.717, 1.165) is 73.1 Å². The number of benzene rings is 1. The molecule has 0 bridgehead atoms. The van der Waals surface area contributed by atoms with E-state index in [4.69, 9.17) is 10.7 Å². The van der Waals surface area contributed by atoms with Crippen LogP contribution in [0.3, 0.4) is 0 Å². The minimum atomic E-state index is 0.304. The highest BCUT2D eigenvalue weighted by Gasteiger charge is 2.22. The zero-order chi connectivity index (χ0) is 22.1. The van der Waals surface area contributed by atoms with Gasteiger partial charge in [-0.25, -0.2) is 4.99 Å². The summed E-state index contributed by atoms with van der Waals surface area (Å²) in [6.45, 7) is 9.23. The Morgan fingerprint density at radius 2 is 1.97 bits per heavy atom. The van der Waals surface area contributed by atoms with Gasteiger partial charge in [-0.15, -0.1) is 0 Å². The molecule has 0 atom stereocenters. The quantitative estimate of drug-likeness (QED) is 0.638. The van der Waals surface area contributed by atoms with E-state index < -0.39 is 0 Å². The molecule has 1 saturated heterocycles. The average molecular weight is 426 g/mol. The Bertz CT molecular complexity index is 1140. The molecular formula is C27H31N5. The van der Waals surface area contributed by atoms with Gasteiger partial charge in [0.15, 0.2) is 0 Å². The lowest BCUT2D eigenvalue weighted by molar-refractivity contribution is 0.268. The second-order valence-electron chi connectivity index (χ2n) is 8.91. The molecule has 4 heterocycles. The van der Waals surface area contributed by atoms with Crippen LogP contribution in [0.1, 0.15) is 31.7 Å². The maximum Gasteiger partial charge on any atom is 0.111 e. The van der Waals surface area contributed by atoms with Gasteiger partial charge in [0.1, 0.15) is 5.82 Å². The first-order valence-electron chi connectivity index (χ1n) is 11.5. The van der Waals surface area contributed by atoms with Gasteiger partial charge in [-0.2, -0.15) is 0 Å². The van der Waals surface area contributed by atoms with Gasteiger partial charge in [0, 0.05) is 36.9 Å². The topological polar surface area (TPSA) is 69.4 Å². The number of hydrogen-bond acceptors (Lipinski definition) is 4. The Hall–Kier alpha value is -3.31. The van der Waals surface area contributed by atoms with Gasteiger partial charge in [-0.1, -0.05) is 43.0 Å². The highest BCUT2D eigenvalue weighted by molar-refractivity contribution is 6.13. The van der Waals surface area contributed by atoms with Gasteiger partial charge < -0.3 is 20.9 Å². The summed E-state index contributed by atoms with van der Waals surface area (Å²) in [6, 6.07) is 12.9. The molecule has 1 aromatic heterocycles. The lowest BCUT2D eigenvalue weighted by atomic mass is 10.0. The molecule has 0 radical (unpaired) electrons. The van der Waals surface area contributed by atoms with Gasteiger partial charge in [0.25, 0.3) is 0 Å². The predicted octanol–water partition coefficient (Wildman–Crippen LogP) is 5.10. The molecule has 5 nitrogen and oxygen atoms in total. The summed E-state index contributed by atoms with van der Waals surface area (Å²) in [5, 5.41) is 3.54. The Kier molecular flexibility index (Phi) is 5.58. The third kappa shape index (κ3) is 4.08. The van der Waals surface area contributed by atoms with Crippen LogP contribution in [-0.4, -0.2) is 41.3 Å². The van der Waals surface area contributed by atoms with Crippen molar-refractivity contribution in [3.05, 3.63) is 83.2 Å². The summed E-state index contributed by atoms with van der Waals surface area (Å²) in [6.07, 6.45) is 9.52. The first kappa shape index (κ1) is 20.6. The summed E-state index contributed by atoms with van der Waals surface area (Å²) in [7, 11) is 0. The number of hydrogen-bond donors (Lipinski definition) is 3. The Balaban J connectivity index is 1.43. The second-order valence-corrected chi connectivity index (χ2v) is 8.91. The maximum atomic E-state index is 6.10. The van der Waals surface area contributed by atoms with Crippen LogP contribution in [0.5, 0.6) is 0 Å². The minimum Gasteiger partial charge on any atom is -0.370 e. The van der Waals surface area contributed by atoms with Crippen LogP contribution in [-0.2, 0) is 0 Å². The second kappa shape index (κ2) is 8.67. The van der Waals surface area contributed by atoms with Gasteiger partial charge in [-0.05, 0) is 61.1 Å². The van der Waals surface area contributed by atoms with E-state index in [1.807, 2.05) is 6.07 Å². The normalized spacial score (nSPS) is 19.1. The number of rotatable bonds is 4. The van der Waals surface area contributed by atoms with E-state index >= 15 is 0 Å². The van der Waals surface area contributed by atoms with E-state index in [-0.39, 0.29) is 0 Å². The Labute approximate surface area is 190 Å². The number of nitrogens with one attached hydrogen (secondary N) is 2. The van der Waals surface area contributed by atoms with E-state index in [9.17, 15) is 0 Å². The summed E-state index contributed by atoms with van der Waals surface area (Å²) in [5.41, 5.74) is 15.1. The largest absolute Gasteiger partial charge is 0.370 e. The zero-order valence-corrected chi connectivity index (χ0v) is 18.7. The lowest BCUT2D eigenvalue weighted by Crippen LogP contribution is -2.39. The van der Waals surface area contributed by atoms with Crippen LogP contribution in [0.15, 0.2) is 82.7 Å². The van der Waals surface area contributed by atoms with E-state index in [1.165, 1.54) is 16.7 Å². The first-order valence-corrected chi connectivity index (χ1v) is 11.5. The summed E-state index contributed by atoms with van der Waals surface area (Å²) in [4.78, 5) is 11.0. The molecule has 4 N–H and O–H groups in total. The number of piperidine rings is 1. The molecule has 1 aromatic carbocycles. The smallest absolute Gasteiger partial charge is 0.111 e.